The molecule has 1 saturated carbocycles. The molecule has 0 bridgehead atoms. The Bertz CT molecular complexity index is 1270. The minimum atomic E-state index is -0.440. The third kappa shape index (κ3) is 5.89. The zero-order valence-electron chi connectivity index (χ0n) is 21.5. The van der Waals surface area contributed by atoms with Crippen molar-refractivity contribution >= 4 is 34.7 Å². The molecule has 2 heterocycles. The Balaban J connectivity index is 1.56. The first-order chi connectivity index (χ1) is 17.8. The van der Waals surface area contributed by atoms with Crippen molar-refractivity contribution in [1.82, 2.24) is 9.78 Å². The van der Waals surface area contributed by atoms with E-state index in [4.69, 9.17) is 21.0 Å². The van der Waals surface area contributed by atoms with E-state index in [-0.39, 0.29) is 17.5 Å². The number of nitrogen functional groups attached to an aromatic ring is 1. The summed E-state index contributed by atoms with van der Waals surface area (Å²) in [4.78, 5) is 26.8. The third-order valence-electron chi connectivity index (χ3n) is 6.72. The standard InChI is InChI=1S/C28H34N6O3/c1-4-23(13-8-18(2)35)34-15-14-24(32-34)33-16-17-37-26(25(33)20-6-5-7-20)19(3)28(36)31-22-11-9-21(10-12-22)27(29)30/h4,8-15,19,26H,5-7,16-17H2,1-3H3,(H3,29,30)(H,31,36)/b13-8-,23-4+. The molecule has 4 rings (SSSR count). The van der Waals surface area contributed by atoms with Crippen molar-refractivity contribution in [2.45, 2.75) is 46.1 Å². The lowest BCUT2D eigenvalue weighted by Gasteiger charge is -2.41. The van der Waals surface area contributed by atoms with Crippen molar-refractivity contribution in [1.29, 1.82) is 5.41 Å². The van der Waals surface area contributed by atoms with E-state index in [1.165, 1.54) is 18.6 Å². The van der Waals surface area contributed by atoms with Gasteiger partial charge in [0.1, 0.15) is 11.9 Å². The van der Waals surface area contributed by atoms with Gasteiger partial charge in [0.15, 0.2) is 11.6 Å². The van der Waals surface area contributed by atoms with Gasteiger partial charge in [0, 0.05) is 35.8 Å². The highest BCUT2D eigenvalue weighted by Gasteiger charge is 2.38. The number of aromatic nitrogens is 2. The molecular weight excluding hydrogens is 468 g/mol. The molecule has 9 nitrogen and oxygen atoms in total. The van der Waals surface area contributed by atoms with Crippen LogP contribution in [0.3, 0.4) is 0 Å². The topological polar surface area (TPSA) is 126 Å². The summed E-state index contributed by atoms with van der Waals surface area (Å²) in [6.45, 7) is 6.42. The number of morpholine rings is 1. The first-order valence-electron chi connectivity index (χ1n) is 12.6. The van der Waals surface area contributed by atoms with Gasteiger partial charge in [0.05, 0.1) is 18.2 Å². The molecule has 1 aliphatic heterocycles. The van der Waals surface area contributed by atoms with Crippen LogP contribution in [0.25, 0.3) is 5.70 Å². The smallest absolute Gasteiger partial charge is 0.230 e. The Morgan fingerprint density at radius 2 is 1.95 bits per heavy atom. The second-order valence-corrected chi connectivity index (χ2v) is 9.33. The zero-order chi connectivity index (χ0) is 26.5. The van der Waals surface area contributed by atoms with Gasteiger partial charge in [-0.15, -0.1) is 5.10 Å². The number of allylic oxidation sites excluding steroid dienone is 5. The molecule has 9 heteroatoms. The highest BCUT2D eigenvalue weighted by Crippen LogP contribution is 2.38. The van der Waals surface area contributed by atoms with E-state index in [1.807, 2.05) is 32.2 Å². The van der Waals surface area contributed by atoms with Gasteiger partial charge in [-0.1, -0.05) is 13.0 Å². The SMILES string of the molecule is C/C=C(\C=C/C(C)=O)n1ccc(N2CCOC(C(C)C(=O)Nc3ccc(C(=N)N)cc3)C2=C2CCC2)n1. The lowest BCUT2D eigenvalue weighted by Crippen LogP contribution is -2.47. The summed E-state index contributed by atoms with van der Waals surface area (Å²) < 4.78 is 7.96. The second-order valence-electron chi connectivity index (χ2n) is 9.33. The molecule has 2 aromatic rings. The fourth-order valence-corrected chi connectivity index (χ4v) is 4.48. The van der Waals surface area contributed by atoms with Crippen molar-refractivity contribution in [2.75, 3.05) is 23.4 Å². The maximum atomic E-state index is 13.2. The summed E-state index contributed by atoms with van der Waals surface area (Å²) >= 11 is 0. The monoisotopic (exact) mass is 502 g/mol. The Morgan fingerprint density at radius 3 is 2.54 bits per heavy atom. The number of hydrogen-bond acceptors (Lipinski definition) is 6. The molecule has 0 radical (unpaired) electrons. The highest BCUT2D eigenvalue weighted by molar-refractivity contribution is 5.97. The molecule has 2 aliphatic rings. The van der Waals surface area contributed by atoms with Gasteiger partial charge in [0.2, 0.25) is 5.91 Å². The van der Waals surface area contributed by atoms with E-state index >= 15 is 0 Å². The summed E-state index contributed by atoms with van der Waals surface area (Å²) in [7, 11) is 0. The summed E-state index contributed by atoms with van der Waals surface area (Å²) in [5.41, 5.74) is 9.90. The van der Waals surface area contributed by atoms with E-state index in [1.54, 1.807) is 35.0 Å². The van der Waals surface area contributed by atoms with E-state index in [9.17, 15) is 9.59 Å². The molecule has 4 N–H and O–H groups in total. The van der Waals surface area contributed by atoms with Crippen molar-refractivity contribution < 1.29 is 14.3 Å². The van der Waals surface area contributed by atoms with Gasteiger partial charge in [-0.05, 0) is 75.1 Å². The molecular formula is C28H34N6O3. The first-order valence-corrected chi connectivity index (χ1v) is 12.6. The fourth-order valence-electron chi connectivity index (χ4n) is 4.48. The van der Waals surface area contributed by atoms with Crippen LogP contribution in [0.5, 0.6) is 0 Å². The van der Waals surface area contributed by atoms with E-state index in [2.05, 4.69) is 10.2 Å². The summed E-state index contributed by atoms with van der Waals surface area (Å²) in [6.07, 6.45) is 9.74. The van der Waals surface area contributed by atoms with Crippen LogP contribution >= 0.6 is 0 Å². The number of rotatable bonds is 8. The highest BCUT2D eigenvalue weighted by atomic mass is 16.5. The number of nitrogens with one attached hydrogen (secondary N) is 2. The van der Waals surface area contributed by atoms with Crippen molar-refractivity contribution in [3.63, 3.8) is 0 Å². The van der Waals surface area contributed by atoms with Crippen molar-refractivity contribution in [3.05, 3.63) is 71.6 Å². The van der Waals surface area contributed by atoms with Crippen LogP contribution in [0.1, 0.15) is 45.6 Å². The quantitative estimate of drug-likeness (QED) is 0.216. The number of anilines is 2. The predicted octanol–water partition coefficient (Wildman–Crippen LogP) is 4.09. The summed E-state index contributed by atoms with van der Waals surface area (Å²) in [5, 5.41) is 15.3. The molecule has 2 unspecified atom stereocenters. The van der Waals surface area contributed by atoms with Gasteiger partial charge in [-0.2, -0.15) is 0 Å². The van der Waals surface area contributed by atoms with Crippen molar-refractivity contribution in [2.24, 2.45) is 11.7 Å². The van der Waals surface area contributed by atoms with Crippen molar-refractivity contribution in [3.8, 4) is 0 Å². The molecule has 1 aromatic carbocycles. The molecule has 1 aliphatic carbocycles. The predicted molar refractivity (Wildman–Crippen MR) is 145 cm³/mol. The zero-order valence-corrected chi connectivity index (χ0v) is 21.5. The number of carbonyl (C=O) groups excluding carboxylic acids is 2. The van der Waals surface area contributed by atoms with E-state index in [0.29, 0.717) is 24.4 Å². The number of hydrogen-bond donors (Lipinski definition) is 3. The Morgan fingerprint density at radius 1 is 1.22 bits per heavy atom. The first kappa shape index (κ1) is 26.1. The van der Waals surface area contributed by atoms with Crippen LogP contribution in [0.4, 0.5) is 11.5 Å². The Kier molecular flexibility index (Phi) is 8.03. The van der Waals surface area contributed by atoms with E-state index in [0.717, 1.165) is 36.5 Å². The van der Waals surface area contributed by atoms with Crippen LogP contribution in [-0.4, -0.2) is 46.6 Å². The number of benzene rings is 1. The molecule has 2 fully saturated rings. The lowest BCUT2D eigenvalue weighted by atomic mass is 9.85. The van der Waals surface area contributed by atoms with Gasteiger partial charge in [-0.3, -0.25) is 15.0 Å². The van der Waals surface area contributed by atoms with Crippen LogP contribution in [-0.2, 0) is 14.3 Å². The molecule has 1 aromatic heterocycles. The third-order valence-corrected chi connectivity index (χ3v) is 6.72. The Labute approximate surface area is 217 Å². The molecule has 0 spiro atoms. The largest absolute Gasteiger partial charge is 0.384 e. The van der Waals surface area contributed by atoms with Gasteiger partial charge in [0.25, 0.3) is 0 Å². The average molecular weight is 503 g/mol. The molecule has 37 heavy (non-hydrogen) atoms. The van der Waals surface area contributed by atoms with Crippen LogP contribution in [0.2, 0.25) is 0 Å². The lowest BCUT2D eigenvalue weighted by molar-refractivity contribution is -0.123. The fraction of sp³-hybridized carbons (Fsp3) is 0.357. The van der Waals surface area contributed by atoms with Gasteiger partial charge < -0.3 is 20.7 Å². The van der Waals surface area contributed by atoms with Crippen LogP contribution in [0.15, 0.2) is 66.0 Å². The van der Waals surface area contributed by atoms with E-state index < -0.39 is 12.0 Å². The Hall–Kier alpha value is -3.98. The minimum absolute atomic E-state index is 0.0161. The molecule has 194 valence electrons. The summed E-state index contributed by atoms with van der Waals surface area (Å²) in [6, 6.07) is 8.86. The normalized spacial score (nSPS) is 19.1. The minimum Gasteiger partial charge on any atom is -0.384 e. The number of nitrogens with two attached hydrogens (primary N) is 1. The maximum absolute atomic E-state index is 13.2. The van der Waals surface area contributed by atoms with Crippen LogP contribution in [0, 0.1) is 11.3 Å². The van der Waals surface area contributed by atoms with Gasteiger partial charge >= 0.3 is 0 Å². The number of carbonyl (C=O) groups is 2. The summed E-state index contributed by atoms with van der Waals surface area (Å²) in [5.74, 6) is 0.158. The number of ether oxygens (including phenoxy) is 1. The number of ketones is 1. The average Bonchev–Trinajstić information content (AvgIpc) is 3.33. The van der Waals surface area contributed by atoms with Crippen LogP contribution < -0.4 is 16.0 Å². The molecule has 1 saturated heterocycles. The number of amidine groups is 1. The van der Waals surface area contributed by atoms with Gasteiger partial charge in [-0.25, -0.2) is 4.68 Å². The number of nitrogens with zero attached hydrogens (tertiary/aromatic N) is 3. The maximum Gasteiger partial charge on any atom is 0.230 e. The second kappa shape index (κ2) is 11.4. The number of amides is 1. The molecule has 1 amide bonds. The molecule has 2 atom stereocenters.